The third-order valence-electron chi connectivity index (χ3n) is 4.62. The first-order valence-electron chi connectivity index (χ1n) is 8.35. The Morgan fingerprint density at radius 2 is 1.82 bits per heavy atom. The van der Waals surface area contributed by atoms with Crippen LogP contribution < -0.4 is 5.32 Å². The number of piperazine rings is 2. The van der Waals surface area contributed by atoms with E-state index in [-0.39, 0.29) is 6.09 Å². The van der Waals surface area contributed by atoms with E-state index >= 15 is 0 Å². The molecule has 2 unspecified atom stereocenters. The second kappa shape index (κ2) is 7.15. The lowest BCUT2D eigenvalue weighted by Gasteiger charge is -2.43. The molecule has 1 N–H and O–H groups in total. The number of nitrogens with one attached hydrogen (secondary N) is 1. The highest BCUT2D eigenvalue weighted by molar-refractivity contribution is 5.68. The van der Waals surface area contributed by atoms with Crippen LogP contribution >= 0.6 is 0 Å². The number of nitrogens with zero attached hydrogens (tertiary/aromatic N) is 3. The Bertz CT molecular complexity index is 383. The highest BCUT2D eigenvalue weighted by Gasteiger charge is 2.32. The summed E-state index contributed by atoms with van der Waals surface area (Å²) >= 11 is 0. The Hall–Kier alpha value is -0.850. The maximum atomic E-state index is 12.3. The molecule has 6 nitrogen and oxygen atoms in total. The molecule has 0 bridgehead atoms. The van der Waals surface area contributed by atoms with Crippen molar-refractivity contribution in [3.05, 3.63) is 0 Å². The van der Waals surface area contributed by atoms with Gasteiger partial charge < -0.3 is 19.9 Å². The number of rotatable bonds is 2. The highest BCUT2D eigenvalue weighted by atomic mass is 16.6. The number of carbonyl (C=O) groups excluding carboxylic acids is 1. The molecule has 2 fully saturated rings. The summed E-state index contributed by atoms with van der Waals surface area (Å²) in [5.74, 6) is 0. The molecule has 2 aliphatic heterocycles. The number of hydrogen-bond acceptors (Lipinski definition) is 5. The summed E-state index contributed by atoms with van der Waals surface area (Å²) in [6.45, 7) is 11.4. The van der Waals surface area contributed by atoms with Crippen molar-refractivity contribution >= 4 is 6.09 Å². The van der Waals surface area contributed by atoms with Crippen molar-refractivity contribution in [2.24, 2.45) is 0 Å². The third-order valence-corrected chi connectivity index (χ3v) is 4.62. The quantitative estimate of drug-likeness (QED) is 0.818. The minimum Gasteiger partial charge on any atom is -0.444 e. The third kappa shape index (κ3) is 4.83. The molecule has 0 radical (unpaired) electrons. The highest BCUT2D eigenvalue weighted by Crippen LogP contribution is 2.18. The van der Waals surface area contributed by atoms with Gasteiger partial charge in [-0.15, -0.1) is 0 Å². The van der Waals surface area contributed by atoms with Crippen molar-refractivity contribution in [2.75, 3.05) is 53.4 Å². The van der Waals surface area contributed by atoms with Crippen molar-refractivity contribution in [1.29, 1.82) is 0 Å². The van der Waals surface area contributed by atoms with Crippen LogP contribution in [0.15, 0.2) is 0 Å². The van der Waals surface area contributed by atoms with E-state index < -0.39 is 5.60 Å². The molecule has 0 spiro atoms. The van der Waals surface area contributed by atoms with E-state index in [1.165, 1.54) is 0 Å². The zero-order valence-corrected chi connectivity index (χ0v) is 14.8. The molecule has 2 aliphatic rings. The van der Waals surface area contributed by atoms with Gasteiger partial charge in [0.1, 0.15) is 5.60 Å². The molecule has 0 aromatic rings. The normalized spacial score (nSPS) is 28.7. The smallest absolute Gasteiger partial charge is 0.410 e. The Morgan fingerprint density at radius 3 is 2.45 bits per heavy atom. The number of ether oxygens (including phenoxy) is 1. The Balaban J connectivity index is 1.91. The summed E-state index contributed by atoms with van der Waals surface area (Å²) < 4.78 is 5.52. The lowest BCUT2D eigenvalue weighted by Crippen LogP contribution is -2.58. The molecule has 2 saturated heterocycles. The van der Waals surface area contributed by atoms with Crippen LogP contribution in [0.3, 0.4) is 0 Å². The van der Waals surface area contributed by atoms with Crippen LogP contribution in [0.25, 0.3) is 0 Å². The molecule has 2 atom stereocenters. The van der Waals surface area contributed by atoms with E-state index in [4.69, 9.17) is 4.74 Å². The summed E-state index contributed by atoms with van der Waals surface area (Å²) in [6.07, 6.45) is 0.903. The van der Waals surface area contributed by atoms with E-state index in [0.29, 0.717) is 12.1 Å². The Morgan fingerprint density at radius 1 is 1.14 bits per heavy atom. The van der Waals surface area contributed by atoms with Crippen LogP contribution in [0.1, 0.15) is 27.2 Å². The molecule has 0 saturated carbocycles. The number of amides is 1. The minimum absolute atomic E-state index is 0.180. The maximum absolute atomic E-state index is 12.3. The monoisotopic (exact) mass is 312 g/mol. The van der Waals surface area contributed by atoms with Gasteiger partial charge in [0.15, 0.2) is 0 Å². The van der Waals surface area contributed by atoms with Crippen molar-refractivity contribution < 1.29 is 9.53 Å². The van der Waals surface area contributed by atoms with E-state index in [9.17, 15) is 4.79 Å². The number of carbonyl (C=O) groups is 1. The predicted molar refractivity (Wildman–Crippen MR) is 88.1 cm³/mol. The molecule has 6 heteroatoms. The van der Waals surface area contributed by atoms with E-state index in [1.54, 1.807) is 0 Å². The summed E-state index contributed by atoms with van der Waals surface area (Å²) in [5, 5.41) is 3.47. The van der Waals surface area contributed by atoms with Gasteiger partial charge >= 0.3 is 6.09 Å². The summed E-state index contributed by atoms with van der Waals surface area (Å²) in [5.41, 5.74) is -0.427. The van der Waals surface area contributed by atoms with Crippen LogP contribution in [0, 0.1) is 0 Å². The van der Waals surface area contributed by atoms with Gasteiger partial charge in [0.05, 0.1) is 0 Å². The fraction of sp³-hybridized carbons (Fsp3) is 0.938. The average molecular weight is 312 g/mol. The summed E-state index contributed by atoms with van der Waals surface area (Å²) in [7, 11) is 4.35. The van der Waals surface area contributed by atoms with Gasteiger partial charge in [-0.2, -0.15) is 0 Å². The molecule has 0 aromatic carbocycles. The Kier molecular flexibility index (Phi) is 5.69. The van der Waals surface area contributed by atoms with Gasteiger partial charge in [0.2, 0.25) is 0 Å². The predicted octanol–water partition coefficient (Wildman–Crippen LogP) is 0.831. The van der Waals surface area contributed by atoms with Crippen molar-refractivity contribution in [3.63, 3.8) is 0 Å². The van der Waals surface area contributed by atoms with Gasteiger partial charge in [-0.3, -0.25) is 4.90 Å². The van der Waals surface area contributed by atoms with Gasteiger partial charge in [0, 0.05) is 51.4 Å². The molecular formula is C16H32N4O2. The van der Waals surface area contributed by atoms with E-state index in [1.807, 2.05) is 25.7 Å². The van der Waals surface area contributed by atoms with Crippen molar-refractivity contribution in [2.45, 2.75) is 44.9 Å². The van der Waals surface area contributed by atoms with Crippen LogP contribution in [0.2, 0.25) is 0 Å². The number of hydrogen-bond donors (Lipinski definition) is 1. The molecule has 0 aliphatic carbocycles. The lowest BCUT2D eigenvalue weighted by atomic mass is 10.0. The van der Waals surface area contributed by atoms with Crippen molar-refractivity contribution in [1.82, 2.24) is 20.0 Å². The molecular weight excluding hydrogens is 280 g/mol. The van der Waals surface area contributed by atoms with Gasteiger partial charge in [-0.05, 0) is 41.3 Å². The first-order valence-corrected chi connectivity index (χ1v) is 8.35. The van der Waals surface area contributed by atoms with E-state index in [0.717, 1.165) is 45.7 Å². The van der Waals surface area contributed by atoms with Crippen molar-refractivity contribution in [3.8, 4) is 0 Å². The summed E-state index contributed by atoms with van der Waals surface area (Å²) in [6, 6.07) is 0.938. The van der Waals surface area contributed by atoms with E-state index in [2.05, 4.69) is 29.2 Å². The van der Waals surface area contributed by atoms with Crippen LogP contribution in [0.4, 0.5) is 4.79 Å². The topological polar surface area (TPSA) is 48.1 Å². The standard InChI is InChI=1S/C16H32N4O2/c1-16(2,3)22-15(21)20-9-8-19(5)14(12-20)10-13-11-17-6-7-18(13)4/h13-14,17H,6-12H2,1-5H3. The molecule has 2 rings (SSSR count). The SMILES string of the molecule is CN1CCNCC1CC1CN(C(=O)OC(C)(C)C)CCN1C. The number of likely N-dealkylation sites (N-methyl/N-ethyl adjacent to an activating group) is 2. The molecule has 2 heterocycles. The minimum atomic E-state index is -0.427. The molecule has 22 heavy (non-hydrogen) atoms. The second-order valence-electron chi connectivity index (χ2n) is 7.64. The molecule has 0 aromatic heterocycles. The van der Waals surface area contributed by atoms with Gasteiger partial charge in [0.25, 0.3) is 0 Å². The summed E-state index contributed by atoms with van der Waals surface area (Å²) in [4.78, 5) is 19.0. The second-order valence-corrected chi connectivity index (χ2v) is 7.64. The van der Waals surface area contributed by atoms with Gasteiger partial charge in [-0.1, -0.05) is 0 Å². The molecule has 128 valence electrons. The van der Waals surface area contributed by atoms with Crippen LogP contribution in [-0.4, -0.2) is 91.8 Å². The maximum Gasteiger partial charge on any atom is 0.410 e. The fourth-order valence-corrected chi connectivity index (χ4v) is 3.13. The Labute approximate surface area is 134 Å². The first kappa shape index (κ1) is 17.5. The largest absolute Gasteiger partial charge is 0.444 e. The fourth-order valence-electron chi connectivity index (χ4n) is 3.13. The first-order chi connectivity index (χ1) is 10.3. The average Bonchev–Trinajstić information content (AvgIpc) is 2.41. The molecule has 1 amide bonds. The van der Waals surface area contributed by atoms with Crippen LogP contribution in [-0.2, 0) is 4.74 Å². The van der Waals surface area contributed by atoms with Crippen LogP contribution in [0.5, 0.6) is 0 Å². The van der Waals surface area contributed by atoms with Gasteiger partial charge in [-0.25, -0.2) is 4.79 Å². The lowest BCUT2D eigenvalue weighted by molar-refractivity contribution is 0.00330. The zero-order chi connectivity index (χ0) is 16.3. The zero-order valence-electron chi connectivity index (χ0n) is 14.8.